The van der Waals surface area contributed by atoms with Crippen molar-refractivity contribution in [3.8, 4) is 5.75 Å². The largest absolute Gasteiger partial charge is 0.497 e. The van der Waals surface area contributed by atoms with Crippen molar-refractivity contribution in [2.75, 3.05) is 39.8 Å². The van der Waals surface area contributed by atoms with Crippen LogP contribution in [-0.4, -0.2) is 71.1 Å². The summed E-state index contributed by atoms with van der Waals surface area (Å²) in [6, 6.07) is 17.0. The van der Waals surface area contributed by atoms with E-state index < -0.39 is 0 Å². The van der Waals surface area contributed by atoms with Crippen LogP contribution in [0.5, 0.6) is 5.75 Å². The SMILES string of the molecule is COc1ccc(Cn2c(CN3CCC(C(=O)N4CCN[C@@H](C)C4)CC3)nc3ccccc32)cc1. The van der Waals surface area contributed by atoms with Gasteiger partial charge < -0.3 is 19.5 Å². The van der Waals surface area contributed by atoms with Crippen LogP contribution >= 0.6 is 0 Å². The van der Waals surface area contributed by atoms with Crippen molar-refractivity contribution in [1.82, 2.24) is 24.7 Å². The van der Waals surface area contributed by atoms with Crippen molar-refractivity contribution in [2.24, 2.45) is 5.92 Å². The van der Waals surface area contributed by atoms with Gasteiger partial charge in [-0.15, -0.1) is 0 Å². The van der Waals surface area contributed by atoms with Gasteiger partial charge in [-0.25, -0.2) is 4.98 Å². The van der Waals surface area contributed by atoms with Crippen LogP contribution in [0.15, 0.2) is 48.5 Å². The standard InChI is InChI=1S/C27H35N5O2/c1-20-17-31(16-13-28-20)27(33)22-11-14-30(15-12-22)19-26-29-24-5-3-4-6-25(24)32(26)18-21-7-9-23(34-2)10-8-21/h3-10,20,22,28H,11-19H2,1-2H3/t20-/m0/s1. The summed E-state index contributed by atoms with van der Waals surface area (Å²) in [6.07, 6.45) is 1.85. The lowest BCUT2D eigenvalue weighted by Crippen LogP contribution is -2.53. The number of imidazole rings is 1. The molecule has 34 heavy (non-hydrogen) atoms. The molecule has 1 amide bonds. The molecule has 180 valence electrons. The number of para-hydroxylation sites is 2. The number of nitrogens with one attached hydrogen (secondary N) is 1. The van der Waals surface area contributed by atoms with Crippen molar-refractivity contribution in [3.63, 3.8) is 0 Å². The smallest absolute Gasteiger partial charge is 0.225 e. The molecular formula is C27H35N5O2. The van der Waals surface area contributed by atoms with Gasteiger partial charge in [-0.05, 0) is 62.7 Å². The zero-order valence-electron chi connectivity index (χ0n) is 20.2. The number of piperazine rings is 1. The van der Waals surface area contributed by atoms with E-state index in [4.69, 9.17) is 9.72 Å². The number of likely N-dealkylation sites (tertiary alicyclic amines) is 1. The van der Waals surface area contributed by atoms with E-state index in [1.54, 1.807) is 7.11 Å². The Morgan fingerprint density at radius 2 is 1.82 bits per heavy atom. The number of benzene rings is 2. The molecule has 0 saturated carbocycles. The Kier molecular flexibility index (Phi) is 6.83. The van der Waals surface area contributed by atoms with Gasteiger partial charge in [-0.2, -0.15) is 0 Å². The number of ether oxygens (including phenoxy) is 1. The second kappa shape index (κ2) is 10.2. The van der Waals surface area contributed by atoms with Gasteiger partial charge in [0, 0.05) is 38.1 Å². The van der Waals surface area contributed by atoms with E-state index in [-0.39, 0.29) is 5.92 Å². The van der Waals surface area contributed by atoms with Gasteiger partial charge in [0.15, 0.2) is 0 Å². The van der Waals surface area contributed by atoms with Gasteiger partial charge in [0.25, 0.3) is 0 Å². The molecule has 0 spiro atoms. The number of carbonyl (C=O) groups excluding carboxylic acids is 1. The number of methoxy groups -OCH3 is 1. The van der Waals surface area contributed by atoms with Crippen molar-refractivity contribution in [1.29, 1.82) is 0 Å². The first kappa shape index (κ1) is 22.9. The van der Waals surface area contributed by atoms with E-state index in [1.807, 2.05) is 18.2 Å². The average Bonchev–Trinajstić information content (AvgIpc) is 3.21. The zero-order valence-corrected chi connectivity index (χ0v) is 20.2. The Hall–Kier alpha value is -2.90. The number of amides is 1. The minimum Gasteiger partial charge on any atom is -0.497 e. The molecule has 2 aliphatic heterocycles. The van der Waals surface area contributed by atoms with E-state index in [0.717, 1.165) is 81.3 Å². The number of carbonyl (C=O) groups is 1. The van der Waals surface area contributed by atoms with Gasteiger partial charge in [-0.1, -0.05) is 24.3 Å². The predicted octanol–water partition coefficient (Wildman–Crippen LogP) is 3.13. The quantitative estimate of drug-likeness (QED) is 0.611. The molecule has 0 bridgehead atoms. The second-order valence-corrected chi connectivity index (χ2v) is 9.64. The highest BCUT2D eigenvalue weighted by atomic mass is 16.5. The molecule has 3 heterocycles. The van der Waals surface area contributed by atoms with Crippen molar-refractivity contribution < 1.29 is 9.53 Å². The van der Waals surface area contributed by atoms with Crippen LogP contribution in [0, 0.1) is 5.92 Å². The van der Waals surface area contributed by atoms with Crippen LogP contribution in [0.3, 0.4) is 0 Å². The molecule has 0 aliphatic carbocycles. The molecule has 7 heteroatoms. The van der Waals surface area contributed by atoms with Crippen LogP contribution in [0.1, 0.15) is 31.2 Å². The average molecular weight is 462 g/mol. The number of piperidine rings is 1. The van der Waals surface area contributed by atoms with Gasteiger partial charge >= 0.3 is 0 Å². The molecule has 2 fully saturated rings. The molecule has 7 nitrogen and oxygen atoms in total. The first-order valence-electron chi connectivity index (χ1n) is 12.4. The summed E-state index contributed by atoms with van der Waals surface area (Å²) in [6.45, 7) is 8.16. The van der Waals surface area contributed by atoms with Gasteiger partial charge in [0.05, 0.1) is 24.7 Å². The fourth-order valence-electron chi connectivity index (χ4n) is 5.26. The molecule has 2 aromatic carbocycles. The van der Waals surface area contributed by atoms with Gasteiger partial charge in [0.2, 0.25) is 5.91 Å². The number of aromatic nitrogens is 2. The lowest BCUT2D eigenvalue weighted by atomic mass is 9.94. The van der Waals surface area contributed by atoms with E-state index in [2.05, 4.69) is 56.9 Å². The summed E-state index contributed by atoms with van der Waals surface area (Å²) in [5.74, 6) is 2.45. The van der Waals surface area contributed by atoms with E-state index in [0.29, 0.717) is 11.9 Å². The van der Waals surface area contributed by atoms with E-state index in [1.165, 1.54) is 5.56 Å². The third-order valence-electron chi connectivity index (χ3n) is 7.22. The Morgan fingerprint density at radius 1 is 1.06 bits per heavy atom. The summed E-state index contributed by atoms with van der Waals surface area (Å²) >= 11 is 0. The van der Waals surface area contributed by atoms with Gasteiger partial charge in [0.1, 0.15) is 11.6 Å². The van der Waals surface area contributed by atoms with Crippen molar-refractivity contribution in [2.45, 2.75) is 38.9 Å². The Labute approximate surface area is 201 Å². The summed E-state index contributed by atoms with van der Waals surface area (Å²) in [4.78, 5) is 22.5. The molecule has 0 unspecified atom stereocenters. The summed E-state index contributed by atoms with van der Waals surface area (Å²) in [7, 11) is 1.69. The number of rotatable bonds is 6. The highest BCUT2D eigenvalue weighted by molar-refractivity contribution is 5.79. The molecular weight excluding hydrogens is 426 g/mol. The lowest BCUT2D eigenvalue weighted by Gasteiger charge is -2.37. The fraction of sp³-hybridized carbons (Fsp3) is 0.481. The maximum atomic E-state index is 13.0. The van der Waals surface area contributed by atoms with Crippen LogP contribution < -0.4 is 10.1 Å². The number of nitrogens with zero attached hydrogens (tertiary/aromatic N) is 4. The first-order valence-corrected chi connectivity index (χ1v) is 12.4. The summed E-state index contributed by atoms with van der Waals surface area (Å²) in [5.41, 5.74) is 3.41. The zero-order chi connectivity index (χ0) is 23.5. The fourth-order valence-corrected chi connectivity index (χ4v) is 5.26. The molecule has 2 aliphatic rings. The molecule has 1 atom stereocenters. The van der Waals surface area contributed by atoms with Crippen molar-refractivity contribution in [3.05, 3.63) is 59.9 Å². The highest BCUT2D eigenvalue weighted by Crippen LogP contribution is 2.24. The maximum absolute atomic E-state index is 13.0. The maximum Gasteiger partial charge on any atom is 0.225 e. The third kappa shape index (κ3) is 4.95. The summed E-state index contributed by atoms with van der Waals surface area (Å²) in [5, 5.41) is 3.43. The van der Waals surface area contributed by atoms with Crippen LogP contribution in [0.25, 0.3) is 11.0 Å². The highest BCUT2D eigenvalue weighted by Gasteiger charge is 2.30. The van der Waals surface area contributed by atoms with Crippen LogP contribution in [-0.2, 0) is 17.9 Å². The molecule has 5 rings (SSSR count). The Bertz CT molecular complexity index is 1120. The van der Waals surface area contributed by atoms with Crippen molar-refractivity contribution >= 4 is 16.9 Å². The normalized spacial score (nSPS) is 20.1. The second-order valence-electron chi connectivity index (χ2n) is 9.64. The topological polar surface area (TPSA) is 62.6 Å². The Balaban J connectivity index is 1.27. The lowest BCUT2D eigenvalue weighted by molar-refractivity contribution is -0.138. The number of hydrogen-bond donors (Lipinski definition) is 1. The summed E-state index contributed by atoms with van der Waals surface area (Å²) < 4.78 is 7.64. The minimum absolute atomic E-state index is 0.152. The minimum atomic E-state index is 0.152. The molecule has 1 aromatic heterocycles. The van der Waals surface area contributed by atoms with Gasteiger partial charge in [-0.3, -0.25) is 9.69 Å². The number of fused-ring (bicyclic) bond motifs is 1. The predicted molar refractivity (Wildman–Crippen MR) is 134 cm³/mol. The number of hydrogen-bond acceptors (Lipinski definition) is 5. The van der Waals surface area contributed by atoms with Crippen LogP contribution in [0.2, 0.25) is 0 Å². The van der Waals surface area contributed by atoms with E-state index in [9.17, 15) is 4.79 Å². The molecule has 3 aromatic rings. The third-order valence-corrected chi connectivity index (χ3v) is 7.22. The molecule has 1 N–H and O–H groups in total. The van der Waals surface area contributed by atoms with E-state index >= 15 is 0 Å². The first-order chi connectivity index (χ1) is 16.6. The molecule has 2 saturated heterocycles. The Morgan fingerprint density at radius 3 is 2.56 bits per heavy atom. The monoisotopic (exact) mass is 461 g/mol. The van der Waals surface area contributed by atoms with Crippen LogP contribution in [0.4, 0.5) is 0 Å². The molecule has 0 radical (unpaired) electrons.